The molecule has 7 heteroatoms. The first kappa shape index (κ1) is 49.5. The fraction of sp³-hybridized carbons (Fsp3) is 0.500. The van der Waals surface area contributed by atoms with Gasteiger partial charge in [-0.25, -0.2) is 0 Å². The summed E-state index contributed by atoms with van der Waals surface area (Å²) in [4.78, 5) is 0. The van der Waals surface area contributed by atoms with Crippen molar-refractivity contribution in [2.24, 2.45) is 46.3 Å². The second-order valence-electron chi connectivity index (χ2n) is 22.8. The second kappa shape index (κ2) is 20.7. The minimum absolute atomic E-state index is 0.281. The van der Waals surface area contributed by atoms with Crippen LogP contribution in [0.5, 0.6) is 0 Å². The number of aryl methyl sites for hydroxylation is 4. The molecule has 0 amide bonds. The standard InChI is InChI=1S/2C28H31.C4H7F3Si.2ClH.Zr/c2*1-18-6-19(2)8-25(7-18)26-5-3-4-24-12-23(13-27(24)26)17-28-14-20-9-21(15-28)11-22(10-20)16-28;1-8-3-2-4(5,6)7;;;/h2*3-8,12-13,20-22H,9-11,14-17H2,1-2H3;2-3H2,1H3;2*1H;/q2*-1;;;;+4/p-2. The maximum absolute atomic E-state index is 11.2. The predicted molar refractivity (Wildman–Crippen MR) is 276 cm³/mol. The van der Waals surface area contributed by atoms with Crippen molar-refractivity contribution in [3.8, 4) is 22.3 Å². The Morgan fingerprint density at radius 2 is 0.881 bits per heavy atom. The van der Waals surface area contributed by atoms with Crippen molar-refractivity contribution in [1.29, 1.82) is 0 Å². The summed E-state index contributed by atoms with van der Waals surface area (Å²) in [6.45, 7) is 10.6. The number of halogens is 5. The third-order valence-corrected chi connectivity index (χ3v) is 17.6. The molecule has 8 fully saturated rings. The van der Waals surface area contributed by atoms with Gasteiger partial charge < -0.3 is 0 Å². The van der Waals surface area contributed by atoms with Gasteiger partial charge in [-0.2, -0.15) is 25.3 Å². The molecule has 6 aromatic rings. The molecule has 2 radical (unpaired) electrons. The van der Waals surface area contributed by atoms with Gasteiger partial charge in [0.05, 0.1) is 0 Å². The molecule has 0 atom stereocenters. The summed E-state index contributed by atoms with van der Waals surface area (Å²) in [6, 6.07) is 38.0. The Morgan fingerprint density at radius 1 is 0.552 bits per heavy atom. The first-order valence-corrected chi connectivity index (χ1v) is 33.3. The van der Waals surface area contributed by atoms with Crippen LogP contribution in [0.3, 0.4) is 0 Å². The molecule has 8 saturated carbocycles. The summed E-state index contributed by atoms with van der Waals surface area (Å²) < 4.78 is 33.7. The van der Waals surface area contributed by atoms with Gasteiger partial charge in [0, 0.05) is 15.9 Å². The first-order chi connectivity index (χ1) is 32.1. The number of alkyl halides is 3. The summed E-state index contributed by atoms with van der Waals surface area (Å²) in [7, 11) is 10.3. The summed E-state index contributed by atoms with van der Waals surface area (Å²) in [6.07, 6.45) is 16.3. The van der Waals surface area contributed by atoms with E-state index in [2.05, 4.69) is 125 Å². The summed E-state index contributed by atoms with van der Waals surface area (Å²) in [5, 5.41) is 5.76. The van der Waals surface area contributed by atoms with E-state index in [1.807, 2.05) is 0 Å². The second-order valence-corrected chi connectivity index (χ2v) is 27.8. The average molecular weight is 1040 g/mol. The zero-order chi connectivity index (χ0) is 47.1. The molecule has 0 aliphatic heterocycles. The fourth-order valence-corrected chi connectivity index (χ4v) is 16.2. The van der Waals surface area contributed by atoms with E-state index >= 15 is 0 Å². The van der Waals surface area contributed by atoms with Crippen LogP contribution >= 0.6 is 17.0 Å². The number of hydrogen-bond donors (Lipinski definition) is 0. The van der Waals surface area contributed by atoms with E-state index in [1.165, 1.54) is 156 Å². The average Bonchev–Trinajstić information content (AvgIpc) is 3.84. The van der Waals surface area contributed by atoms with Gasteiger partial charge >= 0.3 is 44.1 Å². The van der Waals surface area contributed by atoms with Crippen LogP contribution < -0.4 is 0 Å². The number of fused-ring (bicyclic) bond motifs is 2. The van der Waals surface area contributed by atoms with E-state index in [9.17, 15) is 13.2 Å². The van der Waals surface area contributed by atoms with Crippen molar-refractivity contribution in [3.63, 3.8) is 0 Å². The molecule has 0 unspecified atom stereocenters. The Hall–Kier alpha value is -2.43. The van der Waals surface area contributed by atoms with Gasteiger partial charge in [-0.1, -0.05) is 94.5 Å². The normalized spacial score (nSPS) is 27.5. The van der Waals surface area contributed by atoms with E-state index in [-0.39, 0.29) is 6.04 Å². The zero-order valence-corrected chi connectivity index (χ0v) is 45.4. The zero-order valence-electron chi connectivity index (χ0n) is 40.4. The minimum atomic E-state index is -3.94. The molecular formula is C60H69Cl2F3SiZr. The SMILES string of the molecule is C[Si]CCC(F)(F)F.Cc1cc(C)cc(-c2cccc3[cH-]c(CC45CC6CC(CC(C6)C4)C5)cc23)c1.Cc1cc(C)cc(-c2cccc3[cH-]c(CC45CC6CC(CC(C6)C4)C5)cc23)c1.[Cl][Zr+2][Cl]. The van der Waals surface area contributed by atoms with Crippen molar-refractivity contribution in [3.05, 3.63) is 130 Å². The van der Waals surface area contributed by atoms with Crippen molar-refractivity contribution >= 4 is 48.1 Å². The number of hydrogen-bond acceptors (Lipinski definition) is 0. The molecule has 0 spiro atoms. The Labute approximate surface area is 420 Å². The Morgan fingerprint density at radius 3 is 1.16 bits per heavy atom. The van der Waals surface area contributed by atoms with Crippen molar-refractivity contribution in [2.75, 3.05) is 0 Å². The van der Waals surface area contributed by atoms with Gasteiger partial charge in [-0.05, 0) is 175 Å². The molecule has 67 heavy (non-hydrogen) atoms. The quantitative estimate of drug-likeness (QED) is 0.105. The van der Waals surface area contributed by atoms with Crippen molar-refractivity contribution in [1.82, 2.24) is 0 Å². The molecule has 8 aliphatic carbocycles. The van der Waals surface area contributed by atoms with Gasteiger partial charge in [0.25, 0.3) is 0 Å². The van der Waals surface area contributed by atoms with Crippen molar-refractivity contribution < 1.29 is 34.0 Å². The Kier molecular flexibility index (Phi) is 15.3. The van der Waals surface area contributed by atoms with E-state index in [0.29, 0.717) is 20.3 Å². The van der Waals surface area contributed by atoms with E-state index < -0.39 is 33.4 Å². The fourth-order valence-electron chi connectivity index (χ4n) is 15.7. The van der Waals surface area contributed by atoms with Crippen LogP contribution in [0.15, 0.2) is 97.1 Å². The number of rotatable bonds is 8. The number of benzene rings is 4. The summed E-state index contributed by atoms with van der Waals surface area (Å²) in [5.74, 6) is 6.26. The summed E-state index contributed by atoms with van der Waals surface area (Å²) >= 11 is -0.826. The van der Waals surface area contributed by atoms with Crippen LogP contribution in [0.2, 0.25) is 12.6 Å². The summed E-state index contributed by atoms with van der Waals surface area (Å²) in [5.41, 5.74) is 15.4. The molecule has 8 bridgehead atoms. The Bertz CT molecular complexity index is 2370. The van der Waals surface area contributed by atoms with Crippen LogP contribution in [0.4, 0.5) is 13.2 Å². The first-order valence-electron chi connectivity index (χ1n) is 25.3. The molecule has 0 heterocycles. The van der Waals surface area contributed by atoms with E-state index in [1.54, 1.807) is 17.7 Å². The van der Waals surface area contributed by atoms with Crippen LogP contribution in [0, 0.1) is 74.0 Å². The molecular weight excluding hydrogens is 968 g/mol. The van der Waals surface area contributed by atoms with Gasteiger partial charge in [0.15, 0.2) is 0 Å². The monoisotopic (exact) mass is 1030 g/mol. The van der Waals surface area contributed by atoms with E-state index in [4.69, 9.17) is 17.0 Å². The third kappa shape index (κ3) is 11.9. The molecule has 6 aromatic carbocycles. The van der Waals surface area contributed by atoms with Gasteiger partial charge in [0.2, 0.25) is 0 Å². The molecule has 0 N–H and O–H groups in total. The molecule has 14 rings (SSSR count). The van der Waals surface area contributed by atoms with Gasteiger partial charge in [-0.15, -0.1) is 69.1 Å². The van der Waals surface area contributed by atoms with Gasteiger partial charge in [-0.3, -0.25) is 0 Å². The Balaban J connectivity index is 0.000000138. The molecule has 0 aromatic heterocycles. The predicted octanol–water partition coefficient (Wildman–Crippen LogP) is 18.7. The van der Waals surface area contributed by atoms with Crippen LogP contribution in [-0.2, 0) is 33.7 Å². The topological polar surface area (TPSA) is 0 Å². The van der Waals surface area contributed by atoms with Crippen LogP contribution in [0.25, 0.3) is 43.8 Å². The molecule has 0 saturated heterocycles. The maximum atomic E-state index is 11.2. The van der Waals surface area contributed by atoms with Gasteiger partial charge in [0.1, 0.15) is 0 Å². The molecule has 352 valence electrons. The van der Waals surface area contributed by atoms with Crippen LogP contribution in [0.1, 0.15) is 117 Å². The van der Waals surface area contributed by atoms with Crippen molar-refractivity contribution in [2.45, 2.75) is 143 Å². The molecule has 0 nitrogen and oxygen atoms in total. The van der Waals surface area contributed by atoms with Crippen LogP contribution in [-0.4, -0.2) is 15.7 Å². The van der Waals surface area contributed by atoms with E-state index in [0.717, 1.165) is 35.5 Å². The molecule has 8 aliphatic rings. The third-order valence-electron chi connectivity index (χ3n) is 16.8.